The Kier molecular flexibility index (Phi) is 4.87. The highest BCUT2D eigenvalue weighted by Gasteiger charge is 2.18. The van der Waals surface area contributed by atoms with Gasteiger partial charge in [-0.2, -0.15) is 0 Å². The first kappa shape index (κ1) is 15.0. The summed E-state index contributed by atoms with van der Waals surface area (Å²) >= 11 is 0. The van der Waals surface area contributed by atoms with Crippen LogP contribution in [0.1, 0.15) is 26.3 Å². The van der Waals surface area contributed by atoms with E-state index in [0.29, 0.717) is 5.56 Å². The summed E-state index contributed by atoms with van der Waals surface area (Å²) in [6.45, 7) is 5.29. The Morgan fingerprint density at radius 2 is 1.68 bits per heavy atom. The van der Waals surface area contributed by atoms with E-state index in [-0.39, 0.29) is 5.57 Å². The summed E-state index contributed by atoms with van der Waals surface area (Å²) < 4.78 is 9.84. The van der Waals surface area contributed by atoms with Crippen LogP contribution in [0.15, 0.2) is 36.4 Å². The zero-order valence-electron chi connectivity index (χ0n) is 11.6. The van der Waals surface area contributed by atoms with Crippen molar-refractivity contribution in [2.24, 2.45) is 0 Å². The molecule has 0 saturated heterocycles. The van der Waals surface area contributed by atoms with Gasteiger partial charge >= 0.3 is 11.9 Å². The monoisotopic (exact) mass is 262 g/mol. The molecule has 19 heavy (non-hydrogen) atoms. The van der Waals surface area contributed by atoms with Gasteiger partial charge in [0.15, 0.2) is 0 Å². The van der Waals surface area contributed by atoms with Crippen LogP contribution in [0.4, 0.5) is 0 Å². The number of rotatable bonds is 3. The SMILES string of the molecule is COC(=O)/C(=C/C(=O)OC(C)(C)C)c1ccccc1. The normalized spacial score (nSPS) is 11.9. The first-order chi connectivity index (χ1) is 8.83. The minimum absolute atomic E-state index is 0.178. The molecule has 0 aliphatic rings. The Morgan fingerprint density at radius 1 is 1.11 bits per heavy atom. The van der Waals surface area contributed by atoms with Gasteiger partial charge in [-0.3, -0.25) is 0 Å². The van der Waals surface area contributed by atoms with E-state index in [1.165, 1.54) is 7.11 Å². The molecule has 0 amide bonds. The molecule has 1 aromatic carbocycles. The van der Waals surface area contributed by atoms with Crippen LogP contribution in [0.2, 0.25) is 0 Å². The van der Waals surface area contributed by atoms with E-state index >= 15 is 0 Å². The van der Waals surface area contributed by atoms with E-state index < -0.39 is 17.5 Å². The first-order valence-electron chi connectivity index (χ1n) is 5.92. The lowest BCUT2D eigenvalue weighted by atomic mass is 10.1. The van der Waals surface area contributed by atoms with E-state index in [9.17, 15) is 9.59 Å². The van der Waals surface area contributed by atoms with Gasteiger partial charge in [-0.05, 0) is 26.3 Å². The van der Waals surface area contributed by atoms with Gasteiger partial charge in [0.05, 0.1) is 12.7 Å². The summed E-state index contributed by atoms with van der Waals surface area (Å²) in [7, 11) is 1.27. The van der Waals surface area contributed by atoms with Crippen molar-refractivity contribution >= 4 is 17.5 Å². The molecule has 0 aromatic heterocycles. The van der Waals surface area contributed by atoms with Crippen LogP contribution < -0.4 is 0 Å². The molecule has 0 fully saturated rings. The molecule has 0 heterocycles. The van der Waals surface area contributed by atoms with Crippen LogP contribution in [0, 0.1) is 0 Å². The molecule has 0 radical (unpaired) electrons. The topological polar surface area (TPSA) is 52.6 Å². The molecule has 0 unspecified atom stereocenters. The van der Waals surface area contributed by atoms with Crippen molar-refractivity contribution in [2.75, 3.05) is 7.11 Å². The van der Waals surface area contributed by atoms with E-state index in [2.05, 4.69) is 4.74 Å². The van der Waals surface area contributed by atoms with E-state index in [4.69, 9.17) is 4.74 Å². The molecule has 0 aliphatic heterocycles. The number of esters is 2. The third kappa shape index (κ3) is 4.95. The van der Waals surface area contributed by atoms with Gasteiger partial charge in [-0.1, -0.05) is 30.3 Å². The third-order valence-electron chi connectivity index (χ3n) is 2.16. The second kappa shape index (κ2) is 6.18. The molecule has 4 nitrogen and oxygen atoms in total. The quantitative estimate of drug-likeness (QED) is 0.620. The number of carbonyl (C=O) groups is 2. The van der Waals surface area contributed by atoms with Gasteiger partial charge < -0.3 is 9.47 Å². The molecule has 102 valence electrons. The van der Waals surface area contributed by atoms with Crippen LogP contribution in [-0.4, -0.2) is 24.6 Å². The molecule has 1 rings (SSSR count). The van der Waals surface area contributed by atoms with Gasteiger partial charge in [-0.25, -0.2) is 9.59 Å². The summed E-state index contributed by atoms with van der Waals surface area (Å²) in [6, 6.07) is 8.84. The molecule has 1 aromatic rings. The minimum Gasteiger partial charge on any atom is -0.465 e. The standard InChI is InChI=1S/C15H18O4/c1-15(2,3)19-13(16)10-12(14(17)18-4)11-8-6-5-7-9-11/h5-10H,1-4H3/b12-10+. The molecule has 0 spiro atoms. The van der Waals surface area contributed by atoms with Crippen molar-refractivity contribution in [3.8, 4) is 0 Å². The van der Waals surface area contributed by atoms with Gasteiger partial charge in [0.1, 0.15) is 5.60 Å². The lowest BCUT2D eigenvalue weighted by Crippen LogP contribution is -2.23. The van der Waals surface area contributed by atoms with E-state index in [1.54, 1.807) is 45.0 Å². The number of benzene rings is 1. The first-order valence-corrected chi connectivity index (χ1v) is 5.92. The number of hydrogen-bond acceptors (Lipinski definition) is 4. The van der Waals surface area contributed by atoms with Crippen LogP contribution in [0.25, 0.3) is 5.57 Å². The average Bonchev–Trinajstić information content (AvgIpc) is 2.34. The second-order valence-corrected chi connectivity index (χ2v) is 4.95. The largest absolute Gasteiger partial charge is 0.465 e. The highest BCUT2D eigenvalue weighted by atomic mass is 16.6. The Morgan fingerprint density at radius 3 is 2.16 bits per heavy atom. The molecule has 0 saturated carbocycles. The summed E-state index contributed by atoms with van der Waals surface area (Å²) in [5, 5.41) is 0. The zero-order chi connectivity index (χ0) is 14.5. The fraction of sp³-hybridized carbons (Fsp3) is 0.333. The molecule has 4 heteroatoms. The fourth-order valence-electron chi connectivity index (χ4n) is 1.44. The molecule has 0 N–H and O–H groups in total. The maximum absolute atomic E-state index is 11.8. The second-order valence-electron chi connectivity index (χ2n) is 4.95. The number of hydrogen-bond donors (Lipinski definition) is 0. The Bertz CT molecular complexity index is 481. The Labute approximate surface area is 113 Å². The maximum atomic E-state index is 11.8. The predicted octanol–water partition coefficient (Wildman–Crippen LogP) is 2.58. The van der Waals surface area contributed by atoms with Crippen LogP contribution in [0.3, 0.4) is 0 Å². The Hall–Kier alpha value is -2.10. The predicted molar refractivity (Wildman–Crippen MR) is 72.3 cm³/mol. The fourth-order valence-corrected chi connectivity index (χ4v) is 1.44. The average molecular weight is 262 g/mol. The lowest BCUT2D eigenvalue weighted by molar-refractivity contribution is -0.148. The molecular formula is C15H18O4. The number of ether oxygens (including phenoxy) is 2. The number of methoxy groups -OCH3 is 1. The minimum atomic E-state index is -0.606. The maximum Gasteiger partial charge on any atom is 0.338 e. The highest BCUT2D eigenvalue weighted by molar-refractivity contribution is 6.20. The summed E-state index contributed by atoms with van der Waals surface area (Å²) in [5.41, 5.74) is 0.184. The third-order valence-corrected chi connectivity index (χ3v) is 2.16. The van der Waals surface area contributed by atoms with Gasteiger partial charge in [0.25, 0.3) is 0 Å². The highest BCUT2D eigenvalue weighted by Crippen LogP contribution is 2.17. The van der Waals surface area contributed by atoms with Crippen LogP contribution in [-0.2, 0) is 19.1 Å². The van der Waals surface area contributed by atoms with Crippen molar-refractivity contribution in [1.29, 1.82) is 0 Å². The summed E-state index contributed by atoms with van der Waals surface area (Å²) in [5.74, 6) is -1.14. The van der Waals surface area contributed by atoms with Gasteiger partial charge in [0.2, 0.25) is 0 Å². The van der Waals surface area contributed by atoms with Crippen LogP contribution >= 0.6 is 0 Å². The lowest BCUT2D eigenvalue weighted by Gasteiger charge is -2.18. The van der Waals surface area contributed by atoms with Crippen molar-refractivity contribution in [1.82, 2.24) is 0 Å². The van der Waals surface area contributed by atoms with E-state index in [0.717, 1.165) is 6.08 Å². The van der Waals surface area contributed by atoms with Gasteiger partial charge in [-0.15, -0.1) is 0 Å². The molecule has 0 aliphatic carbocycles. The van der Waals surface area contributed by atoms with Crippen molar-refractivity contribution in [2.45, 2.75) is 26.4 Å². The zero-order valence-corrected chi connectivity index (χ0v) is 11.6. The van der Waals surface area contributed by atoms with Crippen molar-refractivity contribution in [3.63, 3.8) is 0 Å². The molecular weight excluding hydrogens is 244 g/mol. The molecule has 0 bridgehead atoms. The smallest absolute Gasteiger partial charge is 0.338 e. The van der Waals surface area contributed by atoms with Crippen molar-refractivity contribution < 1.29 is 19.1 Å². The van der Waals surface area contributed by atoms with Crippen molar-refractivity contribution in [3.05, 3.63) is 42.0 Å². The van der Waals surface area contributed by atoms with Crippen LogP contribution in [0.5, 0.6) is 0 Å². The molecule has 0 atom stereocenters. The van der Waals surface area contributed by atoms with Gasteiger partial charge in [0, 0.05) is 6.08 Å². The summed E-state index contributed by atoms with van der Waals surface area (Å²) in [6.07, 6.45) is 1.16. The van der Waals surface area contributed by atoms with E-state index in [1.807, 2.05) is 6.07 Å². The summed E-state index contributed by atoms with van der Waals surface area (Å²) in [4.78, 5) is 23.5. The Balaban J connectivity index is 3.05. The number of carbonyl (C=O) groups excluding carboxylic acids is 2.